The molecule has 3 rings (SSSR count). The number of para-hydroxylation sites is 1. The van der Waals surface area contributed by atoms with Crippen molar-refractivity contribution in [3.8, 4) is 0 Å². The molecule has 15 heavy (non-hydrogen) atoms. The molecule has 0 unspecified atom stereocenters. The molecule has 2 aliphatic rings. The smallest absolute Gasteiger partial charge is 0.235 e. The zero-order valence-corrected chi connectivity index (χ0v) is 8.55. The highest BCUT2D eigenvalue weighted by Gasteiger charge is 2.46. The van der Waals surface area contributed by atoms with Crippen molar-refractivity contribution in [3.05, 3.63) is 29.8 Å². The second kappa shape index (κ2) is 3.07. The summed E-state index contributed by atoms with van der Waals surface area (Å²) in [5.74, 6) is 0.185. The van der Waals surface area contributed by atoms with Gasteiger partial charge in [-0.15, -0.1) is 0 Å². The molecule has 1 aromatic carbocycles. The van der Waals surface area contributed by atoms with Crippen molar-refractivity contribution in [2.45, 2.75) is 18.3 Å². The zero-order valence-electron chi connectivity index (χ0n) is 8.55. The molecule has 1 aromatic rings. The van der Waals surface area contributed by atoms with Gasteiger partial charge in [0.05, 0.1) is 5.41 Å². The van der Waals surface area contributed by atoms with Crippen molar-refractivity contribution < 1.29 is 6.22 Å². The van der Waals surface area contributed by atoms with E-state index in [0.717, 1.165) is 31.6 Å². The number of nitrogens with one attached hydrogen (secondary N) is 2. The maximum Gasteiger partial charge on any atom is 0.235 e. The molecular weight excluding hydrogens is 188 g/mol. The van der Waals surface area contributed by atoms with Gasteiger partial charge in [-0.05, 0) is 37.6 Å². The van der Waals surface area contributed by atoms with Crippen molar-refractivity contribution in [1.82, 2.24) is 5.32 Å². The molecule has 2 aliphatic heterocycles. The summed E-state index contributed by atoms with van der Waals surface area (Å²) < 4.78 is 0. The van der Waals surface area contributed by atoms with Gasteiger partial charge in [0.1, 0.15) is 0 Å². The predicted octanol–water partition coefficient (Wildman–Crippen LogP) is 1.51. The fourth-order valence-corrected chi connectivity index (χ4v) is 2.72. The van der Waals surface area contributed by atoms with Crippen LogP contribution in [0.5, 0.6) is 0 Å². The maximum atomic E-state index is 12.1. The first-order valence-corrected chi connectivity index (χ1v) is 5.45. The fourth-order valence-electron chi connectivity index (χ4n) is 2.72. The van der Waals surface area contributed by atoms with Crippen molar-refractivity contribution in [1.29, 1.82) is 0 Å². The van der Waals surface area contributed by atoms with Gasteiger partial charge >= 0.3 is 0 Å². The molecule has 0 saturated carbocycles. The summed E-state index contributed by atoms with van der Waals surface area (Å²) in [7, 11) is 0. The van der Waals surface area contributed by atoms with Crippen molar-refractivity contribution in [2.24, 2.45) is 0 Å². The van der Waals surface area contributed by atoms with Crippen LogP contribution >= 0.6 is 0 Å². The van der Waals surface area contributed by atoms with Gasteiger partial charge in [0, 0.05) is 7.11 Å². The van der Waals surface area contributed by atoms with E-state index in [1.165, 1.54) is 5.56 Å². The number of fused-ring (bicyclic) bond motifs is 2. The van der Waals surface area contributed by atoms with Crippen molar-refractivity contribution in [2.75, 3.05) is 18.4 Å². The minimum absolute atomic E-state index is 0. The average molecular weight is 204 g/mol. The predicted molar refractivity (Wildman–Crippen MR) is 61.0 cm³/mol. The molecule has 2 heterocycles. The number of rotatable bonds is 0. The van der Waals surface area contributed by atoms with E-state index >= 15 is 0 Å². The van der Waals surface area contributed by atoms with E-state index < -0.39 is 0 Å². The molecule has 3 heteroatoms. The Hall–Kier alpha value is -1.35. The number of hydrogen-bond acceptors (Lipinski definition) is 2. The molecule has 0 aromatic heterocycles. The topological polar surface area (TPSA) is 41.1 Å². The fraction of sp³-hybridized carbons (Fsp3) is 0.417. The van der Waals surface area contributed by atoms with E-state index in [-0.39, 0.29) is 12.7 Å². The monoisotopic (exact) mass is 204 g/mol. The van der Waals surface area contributed by atoms with Gasteiger partial charge in [0.25, 0.3) is 0 Å². The standard InChI is InChI=1S/C12H14N2O.H2/c15-11-12(5-7-13-8-6-12)9-3-1-2-4-10(9)14-11;/h1-4,13H,5-8H2,(H,14,15);1H. The van der Waals surface area contributed by atoms with Gasteiger partial charge in [-0.1, -0.05) is 18.2 Å². The third-order valence-corrected chi connectivity index (χ3v) is 3.58. The lowest BCUT2D eigenvalue weighted by Gasteiger charge is -2.31. The number of carbonyl (C=O) groups is 1. The van der Waals surface area contributed by atoms with Crippen LogP contribution in [0.25, 0.3) is 0 Å². The molecule has 3 nitrogen and oxygen atoms in total. The Kier molecular flexibility index (Phi) is 1.83. The highest BCUT2D eigenvalue weighted by atomic mass is 16.2. The van der Waals surface area contributed by atoms with Crippen LogP contribution in [0.4, 0.5) is 5.69 Å². The summed E-state index contributed by atoms with van der Waals surface area (Å²) in [4.78, 5) is 12.1. The summed E-state index contributed by atoms with van der Waals surface area (Å²) in [6, 6.07) is 8.06. The molecule has 0 aliphatic carbocycles. The van der Waals surface area contributed by atoms with Crippen molar-refractivity contribution >= 4 is 11.6 Å². The van der Waals surface area contributed by atoms with Crippen LogP contribution < -0.4 is 10.6 Å². The van der Waals surface area contributed by atoms with E-state index in [0.29, 0.717) is 0 Å². The van der Waals surface area contributed by atoms with E-state index in [9.17, 15) is 4.79 Å². The number of carbonyl (C=O) groups excluding carboxylic acids is 1. The van der Waals surface area contributed by atoms with E-state index in [1.807, 2.05) is 18.2 Å². The Morgan fingerprint density at radius 2 is 1.93 bits per heavy atom. The van der Waals surface area contributed by atoms with Crippen LogP contribution in [0.1, 0.15) is 19.8 Å². The molecule has 2 N–H and O–H groups in total. The molecule has 80 valence electrons. The second-order valence-electron chi connectivity index (χ2n) is 4.33. The zero-order chi connectivity index (χ0) is 10.3. The Labute approximate surface area is 90.4 Å². The third kappa shape index (κ3) is 1.13. The summed E-state index contributed by atoms with van der Waals surface area (Å²) >= 11 is 0. The van der Waals surface area contributed by atoms with Gasteiger partial charge in [0.15, 0.2) is 0 Å². The lowest BCUT2D eigenvalue weighted by molar-refractivity contribution is -0.121. The number of hydrogen-bond donors (Lipinski definition) is 2. The molecule has 1 saturated heterocycles. The Morgan fingerprint density at radius 1 is 1.20 bits per heavy atom. The lowest BCUT2D eigenvalue weighted by atomic mass is 9.74. The summed E-state index contributed by atoms with van der Waals surface area (Å²) in [5, 5.41) is 6.30. The number of piperidine rings is 1. The Bertz CT molecular complexity index is 413. The van der Waals surface area contributed by atoms with Crippen molar-refractivity contribution in [3.63, 3.8) is 0 Å². The molecular formula is C12H16N2O. The first-order valence-electron chi connectivity index (χ1n) is 5.45. The molecule has 1 fully saturated rings. The molecule has 1 amide bonds. The van der Waals surface area contributed by atoms with Crippen LogP contribution in [-0.2, 0) is 10.2 Å². The van der Waals surface area contributed by atoms with E-state index in [4.69, 9.17) is 0 Å². The van der Waals surface area contributed by atoms with Gasteiger partial charge < -0.3 is 10.6 Å². The van der Waals surface area contributed by atoms with Crippen LogP contribution in [0.3, 0.4) is 0 Å². The molecule has 0 radical (unpaired) electrons. The van der Waals surface area contributed by atoms with E-state index in [1.54, 1.807) is 0 Å². The first-order chi connectivity index (χ1) is 7.33. The van der Waals surface area contributed by atoms with E-state index in [2.05, 4.69) is 16.7 Å². The average Bonchev–Trinajstić information content (AvgIpc) is 2.55. The van der Waals surface area contributed by atoms with Gasteiger partial charge in [-0.2, -0.15) is 0 Å². The minimum atomic E-state index is -0.248. The Balaban J connectivity index is 0.000000963. The van der Waals surface area contributed by atoms with Crippen LogP contribution in [0.15, 0.2) is 24.3 Å². The van der Waals surface area contributed by atoms with Gasteiger partial charge in [0.2, 0.25) is 5.91 Å². The number of anilines is 1. The molecule has 0 atom stereocenters. The third-order valence-electron chi connectivity index (χ3n) is 3.58. The summed E-state index contributed by atoms with van der Waals surface area (Å²) in [6.45, 7) is 1.86. The van der Waals surface area contributed by atoms with Crippen LogP contribution in [0, 0.1) is 0 Å². The highest BCUT2D eigenvalue weighted by molar-refractivity contribution is 6.06. The largest absolute Gasteiger partial charge is 0.325 e. The normalized spacial score (nSPS) is 22.5. The maximum absolute atomic E-state index is 12.1. The molecule has 1 spiro atoms. The van der Waals surface area contributed by atoms with Crippen LogP contribution in [-0.4, -0.2) is 19.0 Å². The van der Waals surface area contributed by atoms with Gasteiger partial charge in [-0.25, -0.2) is 0 Å². The summed E-state index contributed by atoms with van der Waals surface area (Å²) in [6.07, 6.45) is 1.83. The second-order valence-corrected chi connectivity index (χ2v) is 4.33. The number of benzene rings is 1. The van der Waals surface area contributed by atoms with Crippen LogP contribution in [0.2, 0.25) is 0 Å². The lowest BCUT2D eigenvalue weighted by Crippen LogP contribution is -2.44. The SMILES string of the molecule is O=C1Nc2ccccc2C12CCNCC2.[HH]. The summed E-state index contributed by atoms with van der Waals surface area (Å²) in [5.41, 5.74) is 1.95. The minimum Gasteiger partial charge on any atom is -0.325 e. The number of amides is 1. The van der Waals surface area contributed by atoms with Gasteiger partial charge in [-0.3, -0.25) is 4.79 Å². The highest BCUT2D eigenvalue weighted by Crippen LogP contribution is 2.43. The molecule has 0 bridgehead atoms. The first kappa shape index (κ1) is 8.92. The Morgan fingerprint density at radius 3 is 2.73 bits per heavy atom. The quantitative estimate of drug-likeness (QED) is 0.672.